The molecule has 0 atom stereocenters. The van der Waals surface area contributed by atoms with E-state index in [0.29, 0.717) is 54.9 Å². The van der Waals surface area contributed by atoms with Gasteiger partial charge in [0.2, 0.25) is 0 Å². The molecule has 0 aromatic heterocycles. The second-order valence-electron chi connectivity index (χ2n) is 6.29. The van der Waals surface area contributed by atoms with Crippen LogP contribution in [0.4, 0.5) is 0 Å². The van der Waals surface area contributed by atoms with Crippen LogP contribution in [0.25, 0.3) is 6.08 Å². The van der Waals surface area contributed by atoms with Crippen molar-refractivity contribution in [3.05, 3.63) is 64.2 Å². The van der Waals surface area contributed by atoms with Crippen LogP contribution in [0.2, 0.25) is 5.02 Å². The summed E-state index contributed by atoms with van der Waals surface area (Å²) in [6, 6.07) is 14.6. The molecule has 0 radical (unpaired) electrons. The number of ether oxygens (including phenoxy) is 3. The molecule has 2 rings (SSSR count). The molecule has 2 aromatic rings. The molecule has 2 aromatic carbocycles. The lowest BCUT2D eigenvalue weighted by Gasteiger charge is -2.13. The van der Waals surface area contributed by atoms with Crippen LogP contribution in [0.15, 0.2) is 48.0 Å². The van der Waals surface area contributed by atoms with Gasteiger partial charge in [0.25, 0.3) is 5.91 Å². The summed E-state index contributed by atoms with van der Waals surface area (Å²) in [7, 11) is 1.60. The molecule has 7 heteroatoms. The van der Waals surface area contributed by atoms with E-state index in [0.717, 1.165) is 5.56 Å². The standard InChI is InChI=1S/C23H25ClN2O4/c1-3-29-22-14-17(13-19(15-25)23(27)26-11-6-12-28-2)9-10-21(22)30-16-18-7-4-5-8-20(18)24/h4-5,7-10,13-14H,3,6,11-12,16H2,1-2H3,(H,26,27)/b19-13+. The summed E-state index contributed by atoms with van der Waals surface area (Å²) in [5.41, 5.74) is 1.54. The monoisotopic (exact) mass is 428 g/mol. The molecule has 1 N–H and O–H groups in total. The summed E-state index contributed by atoms with van der Waals surface area (Å²) in [4.78, 5) is 12.2. The third kappa shape index (κ3) is 7.11. The Morgan fingerprint density at radius 1 is 1.20 bits per heavy atom. The predicted molar refractivity (Wildman–Crippen MR) is 116 cm³/mol. The molecule has 30 heavy (non-hydrogen) atoms. The summed E-state index contributed by atoms with van der Waals surface area (Å²) < 4.78 is 16.5. The van der Waals surface area contributed by atoms with Crippen LogP contribution in [-0.2, 0) is 16.1 Å². The molecule has 0 aliphatic carbocycles. The number of carbonyl (C=O) groups is 1. The third-order valence-corrected chi connectivity index (χ3v) is 4.46. The zero-order valence-electron chi connectivity index (χ0n) is 17.1. The lowest BCUT2D eigenvalue weighted by atomic mass is 10.1. The first-order valence-electron chi connectivity index (χ1n) is 9.61. The second kappa shape index (κ2) is 12.5. The third-order valence-electron chi connectivity index (χ3n) is 4.10. The van der Waals surface area contributed by atoms with Crippen molar-refractivity contribution < 1.29 is 19.0 Å². The fourth-order valence-corrected chi connectivity index (χ4v) is 2.79. The number of nitrogens with one attached hydrogen (secondary N) is 1. The van der Waals surface area contributed by atoms with Gasteiger partial charge in [0.05, 0.1) is 6.61 Å². The maximum atomic E-state index is 12.2. The van der Waals surface area contributed by atoms with Crippen molar-refractivity contribution in [2.75, 3.05) is 26.9 Å². The normalized spacial score (nSPS) is 10.9. The Morgan fingerprint density at radius 2 is 2.00 bits per heavy atom. The van der Waals surface area contributed by atoms with E-state index in [1.807, 2.05) is 31.2 Å². The first-order valence-corrected chi connectivity index (χ1v) is 9.98. The second-order valence-corrected chi connectivity index (χ2v) is 6.70. The molecule has 0 fully saturated rings. The Labute approximate surface area is 182 Å². The first-order chi connectivity index (χ1) is 14.6. The van der Waals surface area contributed by atoms with Gasteiger partial charge in [-0.25, -0.2) is 0 Å². The highest BCUT2D eigenvalue weighted by atomic mass is 35.5. The SMILES string of the molecule is CCOc1cc(/C=C(\C#N)C(=O)NCCCOC)ccc1OCc1ccccc1Cl. The number of hydrogen-bond donors (Lipinski definition) is 1. The van der Waals surface area contributed by atoms with Gasteiger partial charge in [-0.05, 0) is 43.2 Å². The minimum Gasteiger partial charge on any atom is -0.490 e. The number of hydrogen-bond acceptors (Lipinski definition) is 5. The van der Waals surface area contributed by atoms with Gasteiger partial charge in [0, 0.05) is 30.8 Å². The Morgan fingerprint density at radius 3 is 2.70 bits per heavy atom. The Kier molecular flexibility index (Phi) is 9.72. The van der Waals surface area contributed by atoms with Gasteiger partial charge in [-0.2, -0.15) is 5.26 Å². The van der Waals surface area contributed by atoms with Gasteiger partial charge in [0.1, 0.15) is 18.2 Å². The molecule has 1 amide bonds. The summed E-state index contributed by atoms with van der Waals surface area (Å²) in [6.07, 6.45) is 2.19. The van der Waals surface area contributed by atoms with E-state index in [1.165, 1.54) is 6.08 Å². The van der Waals surface area contributed by atoms with Crippen LogP contribution < -0.4 is 14.8 Å². The van der Waals surface area contributed by atoms with Crippen molar-refractivity contribution in [2.45, 2.75) is 20.0 Å². The van der Waals surface area contributed by atoms with Crippen LogP contribution in [0, 0.1) is 11.3 Å². The zero-order valence-corrected chi connectivity index (χ0v) is 17.9. The lowest BCUT2D eigenvalue weighted by molar-refractivity contribution is -0.117. The van der Waals surface area contributed by atoms with Gasteiger partial charge in [0.15, 0.2) is 11.5 Å². The van der Waals surface area contributed by atoms with E-state index < -0.39 is 5.91 Å². The minimum absolute atomic E-state index is 0.0135. The van der Waals surface area contributed by atoms with Gasteiger partial charge in [-0.15, -0.1) is 0 Å². The number of halogens is 1. The maximum Gasteiger partial charge on any atom is 0.261 e. The molecule has 6 nitrogen and oxygen atoms in total. The predicted octanol–water partition coefficient (Wildman–Crippen LogP) is 4.38. The largest absolute Gasteiger partial charge is 0.490 e. The van der Waals surface area contributed by atoms with Gasteiger partial charge < -0.3 is 19.5 Å². The topological polar surface area (TPSA) is 80.6 Å². The highest BCUT2D eigenvalue weighted by molar-refractivity contribution is 6.31. The number of rotatable bonds is 11. The van der Waals surface area contributed by atoms with E-state index >= 15 is 0 Å². The van der Waals surface area contributed by atoms with Crippen molar-refractivity contribution in [2.24, 2.45) is 0 Å². The molecule has 0 spiro atoms. The van der Waals surface area contributed by atoms with Crippen molar-refractivity contribution in [1.29, 1.82) is 5.26 Å². The maximum absolute atomic E-state index is 12.2. The number of benzene rings is 2. The van der Waals surface area contributed by atoms with Crippen LogP contribution in [0.3, 0.4) is 0 Å². The van der Waals surface area contributed by atoms with Crippen molar-refractivity contribution in [3.8, 4) is 17.6 Å². The van der Waals surface area contributed by atoms with Crippen molar-refractivity contribution >= 4 is 23.6 Å². The summed E-state index contributed by atoms with van der Waals surface area (Å²) >= 11 is 6.18. The Hall–Kier alpha value is -3.01. The molecule has 0 unspecified atom stereocenters. The highest BCUT2D eigenvalue weighted by Crippen LogP contribution is 2.30. The number of nitrogens with zero attached hydrogens (tertiary/aromatic N) is 1. The van der Waals surface area contributed by atoms with E-state index in [1.54, 1.807) is 31.4 Å². The smallest absolute Gasteiger partial charge is 0.261 e. The van der Waals surface area contributed by atoms with E-state index in [9.17, 15) is 10.1 Å². The fourth-order valence-electron chi connectivity index (χ4n) is 2.60. The quantitative estimate of drug-likeness (QED) is 0.326. The molecular weight excluding hydrogens is 404 g/mol. The molecule has 0 heterocycles. The molecular formula is C23H25ClN2O4. The number of amides is 1. The van der Waals surface area contributed by atoms with Gasteiger partial charge >= 0.3 is 0 Å². The molecule has 0 saturated carbocycles. The van der Waals surface area contributed by atoms with Crippen LogP contribution >= 0.6 is 11.6 Å². The van der Waals surface area contributed by atoms with Crippen LogP contribution in [0.1, 0.15) is 24.5 Å². The van der Waals surface area contributed by atoms with Gasteiger partial charge in [-0.1, -0.05) is 35.9 Å². The fraction of sp³-hybridized carbons (Fsp3) is 0.304. The summed E-state index contributed by atoms with van der Waals surface area (Å²) in [6.45, 7) is 3.58. The Bertz CT molecular complexity index is 922. The lowest BCUT2D eigenvalue weighted by Crippen LogP contribution is -2.26. The van der Waals surface area contributed by atoms with E-state index in [-0.39, 0.29) is 5.57 Å². The zero-order chi connectivity index (χ0) is 21.8. The Balaban J connectivity index is 2.14. The van der Waals surface area contributed by atoms with Crippen molar-refractivity contribution in [3.63, 3.8) is 0 Å². The van der Waals surface area contributed by atoms with Crippen molar-refractivity contribution in [1.82, 2.24) is 5.32 Å². The number of nitriles is 1. The van der Waals surface area contributed by atoms with Gasteiger partial charge in [-0.3, -0.25) is 4.79 Å². The first kappa shape index (κ1) is 23.3. The molecule has 0 saturated heterocycles. The number of methoxy groups -OCH3 is 1. The summed E-state index contributed by atoms with van der Waals surface area (Å²) in [5, 5.41) is 12.7. The minimum atomic E-state index is -0.425. The number of carbonyl (C=O) groups excluding carboxylic acids is 1. The molecule has 0 aliphatic heterocycles. The van der Waals surface area contributed by atoms with E-state index in [2.05, 4.69) is 5.32 Å². The molecule has 158 valence electrons. The van der Waals surface area contributed by atoms with Crippen LogP contribution in [-0.4, -0.2) is 32.8 Å². The van der Waals surface area contributed by atoms with E-state index in [4.69, 9.17) is 25.8 Å². The molecule has 0 aliphatic rings. The van der Waals surface area contributed by atoms with Crippen LogP contribution in [0.5, 0.6) is 11.5 Å². The average Bonchev–Trinajstić information content (AvgIpc) is 2.75. The molecule has 0 bridgehead atoms. The average molecular weight is 429 g/mol. The summed E-state index contributed by atoms with van der Waals surface area (Å²) in [5.74, 6) is 0.651. The highest BCUT2D eigenvalue weighted by Gasteiger charge is 2.11.